The van der Waals surface area contributed by atoms with Gasteiger partial charge < -0.3 is 14.2 Å². The number of carbonyl (C=O) groups is 1. The summed E-state index contributed by atoms with van der Waals surface area (Å²) < 4.78 is 17.2. The molecule has 37 heavy (non-hydrogen) atoms. The van der Waals surface area contributed by atoms with E-state index >= 15 is 0 Å². The molecule has 2 aromatic carbocycles. The first-order chi connectivity index (χ1) is 17.8. The quantitative estimate of drug-likeness (QED) is 0.278. The number of rotatable bonds is 10. The van der Waals surface area contributed by atoms with Crippen molar-refractivity contribution in [1.29, 1.82) is 5.41 Å². The van der Waals surface area contributed by atoms with E-state index in [4.69, 9.17) is 31.2 Å². The Morgan fingerprint density at radius 2 is 1.89 bits per heavy atom. The Kier molecular flexibility index (Phi) is 8.56. The third kappa shape index (κ3) is 5.99. The molecular weight excluding hydrogens is 512 g/mol. The summed E-state index contributed by atoms with van der Waals surface area (Å²) >= 11 is 7.81. The van der Waals surface area contributed by atoms with Crippen LogP contribution in [0.1, 0.15) is 50.7 Å². The van der Waals surface area contributed by atoms with Crippen molar-refractivity contribution in [3.05, 3.63) is 58.1 Å². The van der Waals surface area contributed by atoms with Crippen molar-refractivity contribution >= 4 is 51.4 Å². The van der Waals surface area contributed by atoms with Gasteiger partial charge in [0.25, 0.3) is 5.91 Å². The first kappa shape index (κ1) is 26.8. The lowest BCUT2D eigenvalue weighted by atomic mass is 9.99. The lowest BCUT2D eigenvalue weighted by molar-refractivity contribution is -0.114. The fourth-order valence-corrected chi connectivity index (χ4v) is 4.83. The standard InChI is InChI=1S/C27H29ClN4O4S/c1-5-16(3)18-7-9-19(10-8-18)35-11-12-36-24-21(28)14-17(15-22(24)34-4)13-20-25(29)32-27(30-26(20)33)37-23(6-2)31-32/h7-10,13-16,29H,5-6,11-12H2,1-4H3/b20-13-,29-25?. The highest BCUT2D eigenvalue weighted by Gasteiger charge is 2.35. The second-order valence-electron chi connectivity index (χ2n) is 8.48. The van der Waals surface area contributed by atoms with Gasteiger partial charge in [0.1, 0.15) is 24.0 Å². The number of hydrogen-bond donors (Lipinski definition) is 1. The number of carbonyl (C=O) groups excluding carboxylic acids is 1. The molecule has 2 heterocycles. The van der Waals surface area contributed by atoms with Gasteiger partial charge in [-0.2, -0.15) is 15.1 Å². The van der Waals surface area contributed by atoms with Crippen LogP contribution in [-0.2, 0) is 4.79 Å². The van der Waals surface area contributed by atoms with Crippen LogP contribution in [0.25, 0.3) is 6.08 Å². The number of benzene rings is 2. The van der Waals surface area contributed by atoms with Crippen LogP contribution in [0.15, 0.2) is 52.1 Å². The van der Waals surface area contributed by atoms with Crippen molar-refractivity contribution in [1.82, 2.24) is 5.01 Å². The van der Waals surface area contributed by atoms with Gasteiger partial charge in [-0.1, -0.05) is 44.5 Å². The van der Waals surface area contributed by atoms with E-state index in [1.54, 1.807) is 18.2 Å². The number of thioether (sulfide) groups is 1. The largest absolute Gasteiger partial charge is 0.493 e. The molecule has 2 aromatic rings. The molecule has 0 aliphatic carbocycles. The van der Waals surface area contributed by atoms with E-state index in [1.807, 2.05) is 19.1 Å². The number of methoxy groups -OCH3 is 1. The van der Waals surface area contributed by atoms with Crippen LogP contribution in [0.3, 0.4) is 0 Å². The molecule has 0 saturated carbocycles. The second kappa shape index (κ2) is 11.8. The minimum atomic E-state index is -0.499. The average molecular weight is 541 g/mol. The van der Waals surface area contributed by atoms with Crippen LogP contribution in [0.5, 0.6) is 17.2 Å². The van der Waals surface area contributed by atoms with Gasteiger partial charge >= 0.3 is 0 Å². The Morgan fingerprint density at radius 3 is 2.57 bits per heavy atom. The number of nitrogens with zero attached hydrogens (tertiary/aromatic N) is 3. The highest BCUT2D eigenvalue weighted by Crippen LogP contribution is 2.38. The maximum Gasteiger partial charge on any atom is 0.283 e. The number of nitrogens with one attached hydrogen (secondary N) is 1. The van der Waals surface area contributed by atoms with E-state index in [-0.39, 0.29) is 18.0 Å². The molecule has 2 aliphatic rings. The molecule has 2 aliphatic heterocycles. The number of amidine groups is 2. The molecule has 4 rings (SSSR count). The first-order valence-corrected chi connectivity index (χ1v) is 13.3. The van der Waals surface area contributed by atoms with Gasteiger partial charge in [0.05, 0.1) is 17.7 Å². The summed E-state index contributed by atoms with van der Waals surface area (Å²) in [6.45, 7) is 6.92. The number of aliphatic imine (C=N–C) groups is 1. The minimum Gasteiger partial charge on any atom is -0.493 e. The van der Waals surface area contributed by atoms with Gasteiger partial charge in [-0.15, -0.1) is 0 Å². The molecule has 0 radical (unpaired) electrons. The van der Waals surface area contributed by atoms with Crippen LogP contribution in [0.2, 0.25) is 5.02 Å². The van der Waals surface area contributed by atoms with Crippen molar-refractivity contribution < 1.29 is 19.0 Å². The molecule has 194 valence electrons. The summed E-state index contributed by atoms with van der Waals surface area (Å²) in [4.78, 5) is 16.7. The van der Waals surface area contributed by atoms with Crippen LogP contribution >= 0.6 is 23.4 Å². The van der Waals surface area contributed by atoms with E-state index in [9.17, 15) is 4.79 Å². The van der Waals surface area contributed by atoms with Gasteiger partial charge in [-0.25, -0.2) is 0 Å². The Labute approximate surface area is 225 Å². The summed E-state index contributed by atoms with van der Waals surface area (Å²) in [5.74, 6) is 1.53. The Morgan fingerprint density at radius 1 is 1.16 bits per heavy atom. The number of halogens is 1. The van der Waals surface area contributed by atoms with Crippen molar-refractivity contribution in [3.8, 4) is 17.2 Å². The summed E-state index contributed by atoms with van der Waals surface area (Å²) in [6.07, 6.45) is 3.34. The third-order valence-electron chi connectivity index (χ3n) is 6.02. The van der Waals surface area contributed by atoms with Crippen LogP contribution < -0.4 is 14.2 Å². The lowest BCUT2D eigenvalue weighted by Gasteiger charge is -2.20. The van der Waals surface area contributed by atoms with Gasteiger partial charge in [0.15, 0.2) is 17.3 Å². The monoisotopic (exact) mass is 540 g/mol. The maximum atomic E-state index is 12.6. The molecule has 1 unspecified atom stereocenters. The van der Waals surface area contributed by atoms with E-state index in [2.05, 4.69) is 36.1 Å². The van der Waals surface area contributed by atoms with Crippen LogP contribution in [0.4, 0.5) is 0 Å². The molecule has 10 heteroatoms. The van der Waals surface area contributed by atoms with Crippen molar-refractivity contribution in [3.63, 3.8) is 0 Å². The molecule has 1 atom stereocenters. The summed E-state index contributed by atoms with van der Waals surface area (Å²) in [5, 5.41) is 15.7. The van der Waals surface area contributed by atoms with Crippen molar-refractivity contribution in [2.45, 2.75) is 39.5 Å². The van der Waals surface area contributed by atoms with Gasteiger partial charge in [-0.3, -0.25) is 10.2 Å². The van der Waals surface area contributed by atoms with Crippen molar-refractivity contribution in [2.24, 2.45) is 10.1 Å². The van der Waals surface area contributed by atoms with Crippen LogP contribution in [0, 0.1) is 5.41 Å². The zero-order valence-electron chi connectivity index (χ0n) is 21.2. The summed E-state index contributed by atoms with van der Waals surface area (Å²) in [7, 11) is 1.51. The molecular formula is C27H29ClN4O4S. The highest BCUT2D eigenvalue weighted by atomic mass is 35.5. The van der Waals surface area contributed by atoms with Crippen LogP contribution in [-0.4, -0.2) is 47.3 Å². The predicted molar refractivity (Wildman–Crippen MR) is 149 cm³/mol. The van der Waals surface area contributed by atoms with Crippen molar-refractivity contribution in [2.75, 3.05) is 20.3 Å². The Hall–Kier alpha value is -3.30. The SMILES string of the molecule is CCC1=NN2C(=N)/C(=C/c3cc(Cl)c(OCCOc4ccc(C(C)CC)cc4)c(OC)c3)C(=O)N=C2S1. The predicted octanol–water partition coefficient (Wildman–Crippen LogP) is 6.35. The zero-order chi connectivity index (χ0) is 26.5. The zero-order valence-corrected chi connectivity index (χ0v) is 22.8. The lowest BCUT2D eigenvalue weighted by Crippen LogP contribution is -2.35. The molecule has 0 saturated heterocycles. The fourth-order valence-electron chi connectivity index (χ4n) is 3.74. The Balaban J connectivity index is 1.43. The highest BCUT2D eigenvalue weighted by molar-refractivity contribution is 8.26. The summed E-state index contributed by atoms with van der Waals surface area (Å²) in [5.41, 5.74) is 1.97. The van der Waals surface area contributed by atoms with E-state index < -0.39 is 5.91 Å². The van der Waals surface area contributed by atoms with Gasteiger partial charge in [0.2, 0.25) is 5.17 Å². The summed E-state index contributed by atoms with van der Waals surface area (Å²) in [6, 6.07) is 11.4. The smallest absolute Gasteiger partial charge is 0.283 e. The number of fused-ring (bicyclic) bond motifs is 1. The topological polar surface area (TPSA) is 96.6 Å². The molecule has 0 spiro atoms. The number of hydrogen-bond acceptors (Lipinski definition) is 7. The maximum absolute atomic E-state index is 12.6. The molecule has 8 nitrogen and oxygen atoms in total. The molecule has 1 N–H and O–H groups in total. The normalized spacial score (nSPS) is 16.9. The molecule has 0 aromatic heterocycles. The van der Waals surface area contributed by atoms with Gasteiger partial charge in [-0.05, 0) is 72.0 Å². The van der Waals surface area contributed by atoms with E-state index in [0.29, 0.717) is 46.2 Å². The fraction of sp³-hybridized carbons (Fsp3) is 0.333. The Bertz CT molecular complexity index is 1290. The second-order valence-corrected chi connectivity index (χ2v) is 9.92. The minimum absolute atomic E-state index is 0.0318. The average Bonchev–Trinajstić information content (AvgIpc) is 3.32. The number of ether oxygens (including phenoxy) is 3. The molecule has 0 bridgehead atoms. The number of hydrazone groups is 1. The van der Waals surface area contributed by atoms with Gasteiger partial charge in [0, 0.05) is 0 Å². The molecule has 0 fully saturated rings. The first-order valence-electron chi connectivity index (χ1n) is 12.1. The third-order valence-corrected chi connectivity index (χ3v) is 7.36. The number of amides is 1. The molecule has 1 amide bonds. The van der Waals surface area contributed by atoms with E-state index in [0.717, 1.165) is 17.2 Å². The van der Waals surface area contributed by atoms with E-state index in [1.165, 1.54) is 29.4 Å².